The quantitative estimate of drug-likeness (QED) is 0.553. The Kier molecular flexibility index (Phi) is 5.48. The van der Waals surface area contributed by atoms with Gasteiger partial charge in [0.2, 0.25) is 11.3 Å². The number of benzene rings is 1. The zero-order chi connectivity index (χ0) is 16.8. The highest BCUT2D eigenvalue weighted by atomic mass is 16.5. The molecule has 7 heteroatoms. The highest BCUT2D eigenvalue weighted by Gasteiger charge is 2.19. The average molecular weight is 318 g/mol. The maximum atomic E-state index is 12.3. The maximum Gasteiger partial charge on any atom is 0.258 e. The molecule has 0 saturated heterocycles. The Hall–Kier alpha value is -2.67. The van der Waals surface area contributed by atoms with Crippen LogP contribution in [-0.4, -0.2) is 23.1 Å². The number of carbonyl (C=O) groups is 2. The predicted molar refractivity (Wildman–Crippen MR) is 83.2 cm³/mol. The van der Waals surface area contributed by atoms with Crippen LogP contribution in [-0.2, 0) is 4.79 Å². The number of hydrogen-bond acceptors (Lipinski definition) is 5. The molecular formula is C16H18N2O5. The van der Waals surface area contributed by atoms with Crippen LogP contribution < -0.4 is 16.2 Å². The van der Waals surface area contributed by atoms with E-state index in [0.29, 0.717) is 17.4 Å². The SMILES string of the molecule is CCCC(CC(=O)NO)NC(=O)c1coc2ccccc2c1=O. The minimum absolute atomic E-state index is 0.0744. The van der Waals surface area contributed by atoms with Gasteiger partial charge in [-0.15, -0.1) is 0 Å². The highest BCUT2D eigenvalue weighted by Crippen LogP contribution is 2.11. The molecular weight excluding hydrogens is 300 g/mol. The molecule has 1 aromatic heterocycles. The molecule has 3 N–H and O–H groups in total. The van der Waals surface area contributed by atoms with Crippen molar-refractivity contribution in [3.63, 3.8) is 0 Å². The number of amides is 2. The Morgan fingerprint density at radius 3 is 2.74 bits per heavy atom. The zero-order valence-corrected chi connectivity index (χ0v) is 12.7. The Labute approximate surface area is 132 Å². The van der Waals surface area contributed by atoms with Gasteiger partial charge in [0, 0.05) is 12.5 Å². The molecule has 0 aliphatic rings. The van der Waals surface area contributed by atoms with Gasteiger partial charge in [-0.1, -0.05) is 25.5 Å². The molecule has 0 radical (unpaired) electrons. The van der Waals surface area contributed by atoms with E-state index < -0.39 is 23.3 Å². The first-order valence-corrected chi connectivity index (χ1v) is 7.31. The molecule has 2 rings (SSSR count). The molecule has 1 atom stereocenters. The summed E-state index contributed by atoms with van der Waals surface area (Å²) in [6.45, 7) is 1.90. The summed E-state index contributed by atoms with van der Waals surface area (Å²) in [7, 11) is 0. The van der Waals surface area contributed by atoms with Gasteiger partial charge < -0.3 is 9.73 Å². The number of carbonyl (C=O) groups excluding carboxylic acids is 2. The normalized spacial score (nSPS) is 11.9. The smallest absolute Gasteiger partial charge is 0.258 e. The summed E-state index contributed by atoms with van der Waals surface area (Å²) in [5.74, 6) is -1.21. The minimum atomic E-state index is -0.603. The van der Waals surface area contributed by atoms with Crippen molar-refractivity contribution in [2.24, 2.45) is 0 Å². The van der Waals surface area contributed by atoms with Crippen LogP contribution in [0.4, 0.5) is 0 Å². The number of hydrogen-bond donors (Lipinski definition) is 3. The van der Waals surface area contributed by atoms with Crippen LogP contribution in [0.1, 0.15) is 36.5 Å². The lowest BCUT2D eigenvalue weighted by atomic mass is 10.1. The van der Waals surface area contributed by atoms with Crippen LogP contribution in [0.15, 0.2) is 39.7 Å². The van der Waals surface area contributed by atoms with Crippen molar-refractivity contribution in [2.45, 2.75) is 32.2 Å². The summed E-state index contributed by atoms with van der Waals surface area (Å²) in [5.41, 5.74) is 1.39. The van der Waals surface area contributed by atoms with Crippen molar-refractivity contribution in [2.75, 3.05) is 0 Å². The third kappa shape index (κ3) is 3.95. The molecule has 0 aliphatic carbocycles. The van der Waals surface area contributed by atoms with Gasteiger partial charge in [0.15, 0.2) is 0 Å². The van der Waals surface area contributed by atoms with Crippen molar-refractivity contribution in [3.8, 4) is 0 Å². The van der Waals surface area contributed by atoms with Gasteiger partial charge in [-0.05, 0) is 18.6 Å². The van der Waals surface area contributed by atoms with Crippen LogP contribution in [0.2, 0.25) is 0 Å². The molecule has 0 aliphatic heterocycles. The summed E-state index contributed by atoms with van der Waals surface area (Å²) in [4.78, 5) is 35.9. The molecule has 1 heterocycles. The van der Waals surface area contributed by atoms with Gasteiger partial charge in [-0.2, -0.15) is 0 Å². The van der Waals surface area contributed by atoms with E-state index in [1.807, 2.05) is 6.92 Å². The zero-order valence-electron chi connectivity index (χ0n) is 12.7. The fourth-order valence-corrected chi connectivity index (χ4v) is 2.34. The van der Waals surface area contributed by atoms with Crippen LogP contribution in [0, 0.1) is 0 Å². The molecule has 23 heavy (non-hydrogen) atoms. The van der Waals surface area contributed by atoms with Crippen LogP contribution in [0.3, 0.4) is 0 Å². The van der Waals surface area contributed by atoms with Crippen molar-refractivity contribution in [1.82, 2.24) is 10.8 Å². The highest BCUT2D eigenvalue weighted by molar-refractivity contribution is 5.96. The lowest BCUT2D eigenvalue weighted by Crippen LogP contribution is -2.40. The van der Waals surface area contributed by atoms with Gasteiger partial charge in [-0.25, -0.2) is 5.48 Å². The number of rotatable bonds is 6. The van der Waals surface area contributed by atoms with E-state index in [1.54, 1.807) is 24.3 Å². The monoisotopic (exact) mass is 318 g/mol. The molecule has 2 aromatic rings. The van der Waals surface area contributed by atoms with E-state index in [2.05, 4.69) is 5.32 Å². The summed E-state index contributed by atoms with van der Waals surface area (Å²) in [5, 5.41) is 11.5. The van der Waals surface area contributed by atoms with E-state index in [4.69, 9.17) is 9.62 Å². The minimum Gasteiger partial charge on any atom is -0.463 e. The molecule has 1 aromatic carbocycles. The number of hydroxylamine groups is 1. The summed E-state index contributed by atoms with van der Waals surface area (Å²) >= 11 is 0. The summed E-state index contributed by atoms with van der Waals surface area (Å²) in [6.07, 6.45) is 2.32. The van der Waals surface area contributed by atoms with Crippen LogP contribution >= 0.6 is 0 Å². The molecule has 122 valence electrons. The topological polar surface area (TPSA) is 109 Å². The van der Waals surface area contributed by atoms with Gasteiger partial charge in [0.1, 0.15) is 17.4 Å². The first kappa shape index (κ1) is 16.7. The molecule has 0 spiro atoms. The van der Waals surface area contributed by atoms with Crippen molar-refractivity contribution in [1.29, 1.82) is 0 Å². The molecule has 2 amide bonds. The average Bonchev–Trinajstić information content (AvgIpc) is 2.55. The summed E-state index contributed by atoms with van der Waals surface area (Å²) in [6, 6.07) is 6.16. The van der Waals surface area contributed by atoms with Gasteiger partial charge >= 0.3 is 0 Å². The largest absolute Gasteiger partial charge is 0.463 e. The molecule has 0 saturated carbocycles. The van der Waals surface area contributed by atoms with E-state index >= 15 is 0 Å². The molecule has 7 nitrogen and oxygen atoms in total. The summed E-state index contributed by atoms with van der Waals surface area (Å²) < 4.78 is 5.31. The molecule has 1 unspecified atom stereocenters. The number of para-hydroxylation sites is 1. The Morgan fingerprint density at radius 2 is 2.04 bits per heavy atom. The van der Waals surface area contributed by atoms with Gasteiger partial charge in [-0.3, -0.25) is 19.6 Å². The maximum absolute atomic E-state index is 12.3. The first-order valence-electron chi connectivity index (χ1n) is 7.31. The van der Waals surface area contributed by atoms with E-state index in [1.165, 1.54) is 5.48 Å². The van der Waals surface area contributed by atoms with Crippen LogP contribution in [0.5, 0.6) is 0 Å². The van der Waals surface area contributed by atoms with Gasteiger partial charge in [0.25, 0.3) is 5.91 Å². The number of fused-ring (bicyclic) bond motifs is 1. The second-order valence-electron chi connectivity index (χ2n) is 5.17. The fraction of sp³-hybridized carbons (Fsp3) is 0.312. The van der Waals surface area contributed by atoms with Crippen molar-refractivity contribution >= 4 is 22.8 Å². The number of nitrogens with one attached hydrogen (secondary N) is 2. The Morgan fingerprint density at radius 1 is 1.30 bits per heavy atom. The van der Waals surface area contributed by atoms with E-state index in [9.17, 15) is 14.4 Å². The van der Waals surface area contributed by atoms with Crippen molar-refractivity contribution < 1.29 is 19.2 Å². The lowest BCUT2D eigenvalue weighted by molar-refractivity contribution is -0.129. The van der Waals surface area contributed by atoms with Gasteiger partial charge in [0.05, 0.1) is 5.39 Å². The lowest BCUT2D eigenvalue weighted by Gasteiger charge is -2.16. The van der Waals surface area contributed by atoms with E-state index in [-0.39, 0.29) is 12.0 Å². The predicted octanol–water partition coefficient (Wildman–Crippen LogP) is 1.59. The Balaban J connectivity index is 2.23. The third-order valence-corrected chi connectivity index (χ3v) is 3.45. The second kappa shape index (κ2) is 7.55. The molecule has 0 fully saturated rings. The third-order valence-electron chi connectivity index (χ3n) is 3.45. The van der Waals surface area contributed by atoms with E-state index in [0.717, 1.165) is 12.7 Å². The Bertz CT molecular complexity index is 768. The van der Waals surface area contributed by atoms with Crippen molar-refractivity contribution in [3.05, 3.63) is 46.3 Å². The second-order valence-corrected chi connectivity index (χ2v) is 5.17. The standard InChI is InChI=1S/C16H18N2O5/c1-2-5-10(8-14(19)18-22)17-16(21)12-9-23-13-7-4-3-6-11(13)15(12)20/h3-4,6-7,9-10,22H,2,5,8H2,1H3,(H,17,21)(H,18,19). The molecule has 0 bridgehead atoms. The van der Waals surface area contributed by atoms with Crippen LogP contribution in [0.25, 0.3) is 11.0 Å². The first-order chi connectivity index (χ1) is 11.1. The fourth-order valence-electron chi connectivity index (χ4n) is 2.34.